The van der Waals surface area contributed by atoms with Crippen LogP contribution in [0, 0.1) is 11.8 Å². The highest BCUT2D eigenvalue weighted by Crippen LogP contribution is 2.46. The van der Waals surface area contributed by atoms with E-state index >= 15 is 0 Å². The van der Waals surface area contributed by atoms with Gasteiger partial charge in [-0.05, 0) is 60.1 Å². The highest BCUT2D eigenvalue weighted by Gasteiger charge is 2.45. The number of ether oxygens (including phenoxy) is 2. The van der Waals surface area contributed by atoms with Crippen LogP contribution >= 0.6 is 11.6 Å². The Labute approximate surface area is 205 Å². The zero-order valence-corrected chi connectivity index (χ0v) is 19.7. The average Bonchev–Trinajstić information content (AvgIpc) is 3.64. The maximum atomic E-state index is 13.8. The van der Waals surface area contributed by atoms with Crippen LogP contribution in [-0.2, 0) is 9.59 Å². The van der Waals surface area contributed by atoms with Crippen LogP contribution in [0.5, 0.6) is 11.5 Å². The van der Waals surface area contributed by atoms with Crippen molar-refractivity contribution in [3.63, 3.8) is 0 Å². The molecule has 1 amide bonds. The molecule has 0 unspecified atom stereocenters. The Bertz CT molecular complexity index is 1120. The smallest absolute Gasteiger partial charge is 0.392 e. The lowest BCUT2D eigenvalue weighted by atomic mass is 9.85. The van der Waals surface area contributed by atoms with Crippen LogP contribution in [0.25, 0.3) is 0 Å². The minimum Gasteiger partial charge on any atom is -0.486 e. The Hall–Kier alpha value is -2.94. The number of anilines is 1. The second-order valence-corrected chi connectivity index (χ2v) is 9.39. The molecule has 2 aromatic carbocycles. The number of carboxylic acids is 1. The second-order valence-electron chi connectivity index (χ2n) is 8.98. The van der Waals surface area contributed by atoms with Crippen molar-refractivity contribution in [2.45, 2.75) is 44.2 Å². The summed E-state index contributed by atoms with van der Waals surface area (Å²) < 4.78 is 52.2. The quantitative estimate of drug-likeness (QED) is 0.454. The van der Waals surface area contributed by atoms with Gasteiger partial charge in [-0.1, -0.05) is 30.7 Å². The van der Waals surface area contributed by atoms with Gasteiger partial charge in [0.2, 0.25) is 5.91 Å². The number of halogens is 4. The fourth-order valence-corrected chi connectivity index (χ4v) is 4.60. The molecule has 4 rings (SSSR count). The number of carbonyl (C=O) groups is 2. The maximum Gasteiger partial charge on any atom is 0.392 e. The van der Waals surface area contributed by atoms with Crippen LogP contribution in [0.2, 0.25) is 5.02 Å². The van der Waals surface area contributed by atoms with Crippen molar-refractivity contribution in [3.05, 3.63) is 52.5 Å². The number of fused-ring (bicyclic) bond motifs is 1. The third-order valence-corrected chi connectivity index (χ3v) is 6.82. The number of amides is 1. The molecule has 35 heavy (non-hydrogen) atoms. The first-order valence-corrected chi connectivity index (χ1v) is 11.7. The molecule has 0 saturated heterocycles. The van der Waals surface area contributed by atoms with Crippen molar-refractivity contribution < 1.29 is 37.3 Å². The first-order chi connectivity index (χ1) is 16.5. The maximum absolute atomic E-state index is 13.8. The van der Waals surface area contributed by atoms with Gasteiger partial charge in [0.25, 0.3) is 0 Å². The number of alkyl halides is 3. The Morgan fingerprint density at radius 1 is 1.09 bits per heavy atom. The van der Waals surface area contributed by atoms with Crippen molar-refractivity contribution in [2.75, 3.05) is 18.5 Å². The van der Waals surface area contributed by atoms with Gasteiger partial charge in [0, 0.05) is 0 Å². The average molecular weight is 512 g/mol. The largest absolute Gasteiger partial charge is 0.486 e. The number of benzene rings is 2. The van der Waals surface area contributed by atoms with E-state index in [1.54, 1.807) is 12.1 Å². The number of hydrogen-bond donors (Lipinski definition) is 2. The standard InChI is InChI=1S/C25H25ClF3NO5/c1-13(25(27,28)29)23(16-5-7-20-21(11-16)35-9-8-34-20)24(33)30-19-10-15(4-6-18(19)26)17(12-22(31)32)14-2-3-14/h4-7,10-11,13-14,17,23H,2-3,8-9,12H2,1H3,(H,30,33)(H,31,32)/t13-,17+,23-/m1/s1. The Morgan fingerprint density at radius 2 is 1.74 bits per heavy atom. The molecule has 1 aliphatic heterocycles. The summed E-state index contributed by atoms with van der Waals surface area (Å²) >= 11 is 6.27. The molecular formula is C25H25ClF3NO5. The molecule has 1 fully saturated rings. The van der Waals surface area contributed by atoms with Gasteiger partial charge in [-0.3, -0.25) is 9.59 Å². The molecule has 0 radical (unpaired) electrons. The molecule has 2 aromatic rings. The van der Waals surface area contributed by atoms with Crippen molar-refractivity contribution >= 4 is 29.2 Å². The molecule has 2 aliphatic rings. The van der Waals surface area contributed by atoms with Crippen LogP contribution in [0.15, 0.2) is 36.4 Å². The summed E-state index contributed by atoms with van der Waals surface area (Å²) in [7, 11) is 0. The monoisotopic (exact) mass is 511 g/mol. The van der Waals surface area contributed by atoms with Crippen molar-refractivity contribution in [1.82, 2.24) is 0 Å². The SMILES string of the molecule is C[C@H]([C@@H](C(=O)Nc1cc([C@@H](CC(=O)O)C2CC2)ccc1Cl)c1ccc2c(c1)OCCO2)C(F)(F)F. The van der Waals surface area contributed by atoms with Crippen molar-refractivity contribution in [3.8, 4) is 11.5 Å². The number of hydrogen-bond acceptors (Lipinski definition) is 4. The molecule has 6 nitrogen and oxygen atoms in total. The fourth-order valence-electron chi connectivity index (χ4n) is 4.43. The van der Waals surface area contributed by atoms with Gasteiger partial charge in [-0.25, -0.2) is 0 Å². The molecule has 188 valence electrons. The van der Waals surface area contributed by atoms with E-state index in [4.69, 9.17) is 21.1 Å². The zero-order valence-electron chi connectivity index (χ0n) is 18.9. The number of carbonyl (C=O) groups excluding carboxylic acids is 1. The van der Waals surface area contributed by atoms with Gasteiger partial charge in [0.05, 0.1) is 29.0 Å². The van der Waals surface area contributed by atoms with Crippen LogP contribution in [0.1, 0.15) is 49.1 Å². The first kappa shape index (κ1) is 25.2. The lowest BCUT2D eigenvalue weighted by molar-refractivity contribution is -0.178. The summed E-state index contributed by atoms with van der Waals surface area (Å²) in [6.07, 6.45) is -2.92. The van der Waals surface area contributed by atoms with E-state index in [-0.39, 0.29) is 46.9 Å². The Balaban J connectivity index is 1.65. The Kier molecular flexibility index (Phi) is 7.17. The van der Waals surface area contributed by atoms with Gasteiger partial charge in [-0.15, -0.1) is 0 Å². The minimum atomic E-state index is -4.64. The molecule has 0 spiro atoms. The Morgan fingerprint density at radius 3 is 2.37 bits per heavy atom. The number of rotatable bonds is 8. The van der Waals surface area contributed by atoms with Gasteiger partial charge in [0.1, 0.15) is 13.2 Å². The highest BCUT2D eigenvalue weighted by molar-refractivity contribution is 6.33. The molecule has 1 heterocycles. The highest BCUT2D eigenvalue weighted by atomic mass is 35.5. The third-order valence-electron chi connectivity index (χ3n) is 6.49. The summed E-state index contributed by atoms with van der Waals surface area (Å²) in [5.74, 6) is -4.77. The third kappa shape index (κ3) is 5.83. The molecule has 0 aromatic heterocycles. The van der Waals surface area contributed by atoms with Crippen molar-refractivity contribution in [1.29, 1.82) is 0 Å². The minimum absolute atomic E-state index is 0.0788. The van der Waals surface area contributed by atoms with E-state index in [0.29, 0.717) is 17.9 Å². The molecule has 0 bridgehead atoms. The number of nitrogens with one attached hydrogen (secondary N) is 1. The molecule has 3 atom stereocenters. The predicted octanol–water partition coefficient (Wildman–Crippen LogP) is 6.00. The van der Waals surface area contributed by atoms with E-state index in [0.717, 1.165) is 19.8 Å². The van der Waals surface area contributed by atoms with Crippen LogP contribution in [-0.4, -0.2) is 36.4 Å². The summed E-state index contributed by atoms with van der Waals surface area (Å²) in [6, 6.07) is 9.10. The van der Waals surface area contributed by atoms with Gasteiger partial charge >= 0.3 is 12.1 Å². The molecular weight excluding hydrogens is 487 g/mol. The summed E-state index contributed by atoms with van der Waals surface area (Å²) in [6.45, 7) is 1.53. The summed E-state index contributed by atoms with van der Waals surface area (Å²) in [5, 5.41) is 12.0. The van der Waals surface area contributed by atoms with Crippen LogP contribution in [0.3, 0.4) is 0 Å². The van der Waals surface area contributed by atoms with E-state index in [9.17, 15) is 27.9 Å². The molecule has 2 N–H and O–H groups in total. The number of aliphatic carboxylic acids is 1. The van der Waals surface area contributed by atoms with Crippen LogP contribution < -0.4 is 14.8 Å². The van der Waals surface area contributed by atoms with Gasteiger partial charge in [0.15, 0.2) is 11.5 Å². The van der Waals surface area contributed by atoms with E-state index in [1.807, 2.05) is 0 Å². The fraction of sp³-hybridized carbons (Fsp3) is 0.440. The zero-order chi connectivity index (χ0) is 25.3. The molecule has 10 heteroatoms. The van der Waals surface area contributed by atoms with E-state index in [1.165, 1.54) is 24.3 Å². The predicted molar refractivity (Wildman–Crippen MR) is 123 cm³/mol. The lowest BCUT2D eigenvalue weighted by Gasteiger charge is -2.27. The van der Waals surface area contributed by atoms with E-state index in [2.05, 4.69) is 5.32 Å². The lowest BCUT2D eigenvalue weighted by Crippen LogP contribution is -2.34. The second kappa shape index (κ2) is 9.97. The van der Waals surface area contributed by atoms with Crippen molar-refractivity contribution in [2.24, 2.45) is 11.8 Å². The molecule has 1 saturated carbocycles. The van der Waals surface area contributed by atoms with E-state index < -0.39 is 29.9 Å². The van der Waals surface area contributed by atoms with Crippen LogP contribution in [0.4, 0.5) is 18.9 Å². The summed E-state index contributed by atoms with van der Waals surface area (Å²) in [4.78, 5) is 24.6. The molecule has 1 aliphatic carbocycles. The first-order valence-electron chi connectivity index (χ1n) is 11.3. The summed E-state index contributed by atoms with van der Waals surface area (Å²) in [5.41, 5.74) is 0.946. The normalized spacial score (nSPS) is 17.9. The van der Waals surface area contributed by atoms with Gasteiger partial charge in [-0.2, -0.15) is 13.2 Å². The topological polar surface area (TPSA) is 84.9 Å². The number of carboxylic acid groups (broad SMARTS) is 1. The van der Waals surface area contributed by atoms with Gasteiger partial charge < -0.3 is 19.9 Å².